The third-order valence-corrected chi connectivity index (χ3v) is 4.06. The molecule has 2 amide bonds. The lowest BCUT2D eigenvalue weighted by molar-refractivity contribution is -0.154. The Hall–Kier alpha value is -1.06. The second kappa shape index (κ2) is 7.28. The monoisotopic (exact) mass is 296 g/mol. The topological polar surface area (TPSA) is 49.4 Å². The van der Waals surface area contributed by atoms with Gasteiger partial charge in [-0.1, -0.05) is 41.5 Å². The van der Waals surface area contributed by atoms with Crippen LogP contribution in [0.4, 0.5) is 0 Å². The zero-order valence-electron chi connectivity index (χ0n) is 14.6. The van der Waals surface area contributed by atoms with Crippen LogP contribution in [0.2, 0.25) is 0 Å². The Morgan fingerprint density at radius 1 is 1.00 bits per heavy atom. The molecule has 0 radical (unpaired) electrons. The highest BCUT2D eigenvalue weighted by atomic mass is 16.2. The van der Waals surface area contributed by atoms with Crippen LogP contribution in [-0.4, -0.2) is 34.8 Å². The first-order chi connectivity index (χ1) is 9.65. The third-order valence-electron chi connectivity index (χ3n) is 4.06. The van der Waals surface area contributed by atoms with Crippen LogP contribution < -0.4 is 5.32 Å². The molecule has 1 N–H and O–H groups in total. The summed E-state index contributed by atoms with van der Waals surface area (Å²) in [6.07, 6.45) is 1.64. The van der Waals surface area contributed by atoms with E-state index < -0.39 is 0 Å². The standard InChI is InChI=1S/C17H32N2O2/c1-10(2)8-13(7)19-15(12(5)6)16(20)18-14(17(19)21)9-11(3)4/h10-15H,8-9H2,1-7H3,(H,18,20). The minimum absolute atomic E-state index is 0.00542. The SMILES string of the molecule is CC(C)CC1NC(=O)C(C(C)C)N(C(C)CC(C)C)C1=O. The molecule has 4 heteroatoms. The van der Waals surface area contributed by atoms with Crippen LogP contribution in [0.5, 0.6) is 0 Å². The molecule has 1 saturated heterocycles. The number of hydrogen-bond donors (Lipinski definition) is 1. The van der Waals surface area contributed by atoms with Crippen molar-refractivity contribution in [3.63, 3.8) is 0 Å². The van der Waals surface area contributed by atoms with Gasteiger partial charge in [0.1, 0.15) is 12.1 Å². The zero-order valence-corrected chi connectivity index (χ0v) is 14.6. The molecule has 0 aromatic rings. The minimum atomic E-state index is -0.359. The van der Waals surface area contributed by atoms with Gasteiger partial charge in [-0.2, -0.15) is 0 Å². The van der Waals surface area contributed by atoms with Gasteiger partial charge >= 0.3 is 0 Å². The summed E-state index contributed by atoms with van der Waals surface area (Å²) < 4.78 is 0. The second-order valence-electron chi connectivity index (χ2n) is 7.60. The van der Waals surface area contributed by atoms with Gasteiger partial charge in [0.25, 0.3) is 0 Å². The van der Waals surface area contributed by atoms with Crippen molar-refractivity contribution in [3.8, 4) is 0 Å². The van der Waals surface area contributed by atoms with Gasteiger partial charge in [0, 0.05) is 6.04 Å². The van der Waals surface area contributed by atoms with Crippen LogP contribution >= 0.6 is 0 Å². The number of rotatable bonds is 6. The Kier molecular flexibility index (Phi) is 6.24. The largest absolute Gasteiger partial charge is 0.342 e. The fourth-order valence-corrected chi connectivity index (χ4v) is 3.30. The summed E-state index contributed by atoms with van der Waals surface area (Å²) in [5, 5.41) is 2.94. The number of nitrogens with one attached hydrogen (secondary N) is 1. The maximum atomic E-state index is 12.9. The molecule has 0 saturated carbocycles. The first-order valence-corrected chi connectivity index (χ1v) is 8.27. The minimum Gasteiger partial charge on any atom is -0.342 e. The Labute approximate surface area is 129 Å². The quantitative estimate of drug-likeness (QED) is 0.819. The molecular formula is C17H32N2O2. The van der Waals surface area contributed by atoms with Crippen molar-refractivity contribution in [3.05, 3.63) is 0 Å². The number of amides is 2. The molecular weight excluding hydrogens is 264 g/mol. The van der Waals surface area contributed by atoms with Crippen molar-refractivity contribution in [2.45, 2.75) is 79.4 Å². The van der Waals surface area contributed by atoms with E-state index in [-0.39, 0.29) is 35.9 Å². The van der Waals surface area contributed by atoms with Crippen molar-refractivity contribution >= 4 is 11.8 Å². The highest BCUT2D eigenvalue weighted by Crippen LogP contribution is 2.25. The number of piperazine rings is 1. The van der Waals surface area contributed by atoms with Gasteiger partial charge in [-0.25, -0.2) is 0 Å². The lowest BCUT2D eigenvalue weighted by Crippen LogP contribution is -2.67. The number of hydrogen-bond acceptors (Lipinski definition) is 2. The van der Waals surface area contributed by atoms with Gasteiger partial charge in [-0.3, -0.25) is 9.59 Å². The van der Waals surface area contributed by atoms with Gasteiger partial charge in [-0.05, 0) is 37.5 Å². The summed E-state index contributed by atoms with van der Waals surface area (Å²) in [5.74, 6) is 1.12. The molecule has 0 bridgehead atoms. The summed E-state index contributed by atoms with van der Waals surface area (Å²) in [4.78, 5) is 27.2. The molecule has 1 heterocycles. The predicted octanol–water partition coefficient (Wildman–Crippen LogP) is 2.82. The molecule has 3 atom stereocenters. The molecule has 1 fully saturated rings. The molecule has 3 unspecified atom stereocenters. The third kappa shape index (κ3) is 4.45. The number of nitrogens with zero attached hydrogens (tertiary/aromatic N) is 1. The summed E-state index contributed by atoms with van der Waals surface area (Å²) in [6, 6.07) is -0.595. The van der Waals surface area contributed by atoms with Gasteiger partial charge in [0.05, 0.1) is 0 Å². The molecule has 0 aromatic heterocycles. The predicted molar refractivity (Wildman–Crippen MR) is 85.8 cm³/mol. The van der Waals surface area contributed by atoms with Crippen molar-refractivity contribution in [1.82, 2.24) is 10.2 Å². The Morgan fingerprint density at radius 2 is 1.57 bits per heavy atom. The molecule has 1 aliphatic heterocycles. The molecule has 0 aromatic carbocycles. The highest BCUT2D eigenvalue weighted by Gasteiger charge is 2.43. The van der Waals surface area contributed by atoms with E-state index in [1.165, 1.54) is 0 Å². The maximum Gasteiger partial charge on any atom is 0.246 e. The zero-order chi connectivity index (χ0) is 16.3. The first-order valence-electron chi connectivity index (χ1n) is 8.27. The van der Waals surface area contributed by atoms with Gasteiger partial charge in [0.2, 0.25) is 11.8 Å². The van der Waals surface area contributed by atoms with Crippen LogP contribution in [0, 0.1) is 17.8 Å². The van der Waals surface area contributed by atoms with Crippen molar-refractivity contribution in [2.75, 3.05) is 0 Å². The number of carbonyl (C=O) groups excluding carboxylic acids is 2. The molecule has 1 rings (SSSR count). The average Bonchev–Trinajstić information content (AvgIpc) is 2.30. The molecule has 0 spiro atoms. The van der Waals surface area contributed by atoms with Gasteiger partial charge in [0.15, 0.2) is 0 Å². The Bertz CT molecular complexity index is 377. The second-order valence-corrected chi connectivity index (χ2v) is 7.60. The van der Waals surface area contributed by atoms with E-state index in [9.17, 15) is 9.59 Å². The Morgan fingerprint density at radius 3 is 2.00 bits per heavy atom. The van der Waals surface area contributed by atoms with E-state index in [1.807, 2.05) is 18.7 Å². The van der Waals surface area contributed by atoms with Crippen molar-refractivity contribution in [2.24, 2.45) is 17.8 Å². The molecule has 1 aliphatic rings. The molecule has 122 valence electrons. The molecule has 4 nitrogen and oxygen atoms in total. The summed E-state index contributed by atoms with van der Waals surface area (Å²) in [7, 11) is 0. The highest BCUT2D eigenvalue weighted by molar-refractivity contribution is 5.97. The van der Waals surface area contributed by atoms with E-state index in [2.05, 4.69) is 39.9 Å². The fourth-order valence-electron chi connectivity index (χ4n) is 3.30. The van der Waals surface area contributed by atoms with Gasteiger partial charge < -0.3 is 10.2 Å². The first kappa shape index (κ1) is 18.0. The van der Waals surface area contributed by atoms with E-state index in [0.29, 0.717) is 18.3 Å². The number of carbonyl (C=O) groups is 2. The van der Waals surface area contributed by atoms with Crippen LogP contribution in [0.15, 0.2) is 0 Å². The van der Waals surface area contributed by atoms with E-state index in [1.54, 1.807) is 0 Å². The Balaban J connectivity index is 3.03. The van der Waals surface area contributed by atoms with Crippen molar-refractivity contribution < 1.29 is 9.59 Å². The van der Waals surface area contributed by atoms with Gasteiger partial charge in [-0.15, -0.1) is 0 Å². The van der Waals surface area contributed by atoms with E-state index >= 15 is 0 Å². The lowest BCUT2D eigenvalue weighted by Gasteiger charge is -2.44. The normalized spacial score (nSPS) is 25.0. The lowest BCUT2D eigenvalue weighted by atomic mass is 9.90. The average molecular weight is 296 g/mol. The van der Waals surface area contributed by atoms with E-state index in [4.69, 9.17) is 0 Å². The fraction of sp³-hybridized carbons (Fsp3) is 0.882. The molecule has 0 aliphatic carbocycles. The summed E-state index contributed by atoms with van der Waals surface area (Å²) in [6.45, 7) is 14.6. The smallest absolute Gasteiger partial charge is 0.246 e. The maximum absolute atomic E-state index is 12.9. The van der Waals surface area contributed by atoms with Crippen LogP contribution in [-0.2, 0) is 9.59 Å². The molecule has 21 heavy (non-hydrogen) atoms. The van der Waals surface area contributed by atoms with E-state index in [0.717, 1.165) is 6.42 Å². The van der Waals surface area contributed by atoms with Crippen LogP contribution in [0.25, 0.3) is 0 Å². The van der Waals surface area contributed by atoms with Crippen molar-refractivity contribution in [1.29, 1.82) is 0 Å². The summed E-state index contributed by atoms with van der Waals surface area (Å²) >= 11 is 0. The summed E-state index contributed by atoms with van der Waals surface area (Å²) in [5.41, 5.74) is 0. The van der Waals surface area contributed by atoms with Crippen LogP contribution in [0.1, 0.15) is 61.3 Å². The van der Waals surface area contributed by atoms with Crippen LogP contribution in [0.3, 0.4) is 0 Å².